The van der Waals surface area contributed by atoms with Gasteiger partial charge in [-0.3, -0.25) is 0 Å². The first-order chi connectivity index (χ1) is 8.90. The maximum absolute atomic E-state index is 5.73. The Morgan fingerprint density at radius 2 is 2.05 bits per heavy atom. The molecule has 1 N–H and O–H groups in total. The molecule has 0 saturated heterocycles. The minimum atomic E-state index is 0.0123. The van der Waals surface area contributed by atoms with Crippen molar-refractivity contribution in [3.8, 4) is 5.88 Å². The quantitative estimate of drug-likeness (QED) is 0.824. The van der Waals surface area contributed by atoms with Crippen molar-refractivity contribution in [2.24, 2.45) is 0 Å². The summed E-state index contributed by atoms with van der Waals surface area (Å²) in [5, 5.41) is 3.41. The van der Waals surface area contributed by atoms with Crippen molar-refractivity contribution in [3.63, 3.8) is 0 Å². The number of nitrogens with one attached hydrogen (secondary N) is 1. The van der Waals surface area contributed by atoms with Crippen molar-refractivity contribution in [1.82, 2.24) is 10.3 Å². The van der Waals surface area contributed by atoms with Crippen LogP contribution in [0.15, 0.2) is 18.2 Å². The van der Waals surface area contributed by atoms with Crippen LogP contribution in [0, 0.1) is 0 Å². The molecule has 4 heteroatoms. The summed E-state index contributed by atoms with van der Waals surface area (Å²) in [6.45, 7) is 12.4. The molecule has 0 bridgehead atoms. The lowest BCUT2D eigenvalue weighted by Crippen LogP contribution is -2.35. The van der Waals surface area contributed by atoms with Crippen LogP contribution >= 0.6 is 0 Å². The predicted molar refractivity (Wildman–Crippen MR) is 77.4 cm³/mol. The monoisotopic (exact) mass is 266 g/mol. The molecule has 1 aromatic rings. The molecule has 0 aromatic carbocycles. The number of hydrogen-bond acceptors (Lipinski definition) is 4. The van der Waals surface area contributed by atoms with Gasteiger partial charge in [0.15, 0.2) is 0 Å². The van der Waals surface area contributed by atoms with Crippen LogP contribution in [-0.2, 0) is 11.3 Å². The number of aromatic nitrogens is 1. The Bertz CT molecular complexity index is 375. The van der Waals surface area contributed by atoms with Crippen LogP contribution in [0.25, 0.3) is 0 Å². The third kappa shape index (κ3) is 7.13. The first-order valence-corrected chi connectivity index (χ1v) is 6.86. The Morgan fingerprint density at radius 1 is 1.32 bits per heavy atom. The summed E-state index contributed by atoms with van der Waals surface area (Å²) in [4.78, 5) is 4.48. The van der Waals surface area contributed by atoms with Gasteiger partial charge in [0.2, 0.25) is 5.88 Å². The van der Waals surface area contributed by atoms with Crippen molar-refractivity contribution in [2.45, 2.75) is 52.8 Å². The van der Waals surface area contributed by atoms with Crippen LogP contribution in [0.5, 0.6) is 5.88 Å². The third-order valence-corrected chi connectivity index (χ3v) is 2.46. The topological polar surface area (TPSA) is 43.4 Å². The largest absolute Gasteiger partial charge is 0.472 e. The van der Waals surface area contributed by atoms with Crippen LogP contribution in [-0.4, -0.2) is 29.8 Å². The smallest absolute Gasteiger partial charge is 0.213 e. The van der Waals surface area contributed by atoms with Crippen LogP contribution in [0.1, 0.15) is 40.3 Å². The summed E-state index contributed by atoms with van der Waals surface area (Å²) >= 11 is 0. The lowest BCUT2D eigenvalue weighted by atomic mass is 10.1. The molecule has 1 aromatic heterocycles. The maximum atomic E-state index is 5.73. The van der Waals surface area contributed by atoms with E-state index in [-0.39, 0.29) is 11.6 Å². The number of pyridine rings is 1. The summed E-state index contributed by atoms with van der Waals surface area (Å²) in [5.41, 5.74) is 1.07. The lowest BCUT2D eigenvalue weighted by molar-refractivity contribution is 0.0632. The molecule has 108 valence electrons. The molecular weight excluding hydrogens is 240 g/mol. The van der Waals surface area contributed by atoms with Gasteiger partial charge < -0.3 is 14.8 Å². The van der Waals surface area contributed by atoms with Crippen molar-refractivity contribution in [1.29, 1.82) is 0 Å². The number of ether oxygens (including phenoxy) is 2. The Balaban J connectivity index is 2.52. The Labute approximate surface area is 116 Å². The van der Waals surface area contributed by atoms with Gasteiger partial charge in [-0.25, -0.2) is 4.98 Å². The highest BCUT2D eigenvalue weighted by Gasteiger charge is 2.10. The van der Waals surface area contributed by atoms with E-state index in [2.05, 4.69) is 31.1 Å². The summed E-state index contributed by atoms with van der Waals surface area (Å²) in [6.07, 6.45) is 0.0123. The number of nitrogens with zero attached hydrogens (tertiary/aromatic N) is 1. The minimum Gasteiger partial charge on any atom is -0.472 e. The normalized spacial score (nSPS) is 13.3. The summed E-state index contributed by atoms with van der Waals surface area (Å²) in [5.74, 6) is 0.653. The van der Waals surface area contributed by atoms with Crippen LogP contribution in [0.4, 0.5) is 0 Å². The van der Waals surface area contributed by atoms with E-state index in [1.807, 2.05) is 32.0 Å². The van der Waals surface area contributed by atoms with Gasteiger partial charge in [0.1, 0.15) is 6.10 Å². The van der Waals surface area contributed by atoms with E-state index in [0.717, 1.165) is 12.2 Å². The first kappa shape index (κ1) is 15.9. The maximum Gasteiger partial charge on any atom is 0.213 e. The van der Waals surface area contributed by atoms with E-state index in [4.69, 9.17) is 9.47 Å². The minimum absolute atomic E-state index is 0.0123. The molecule has 0 aliphatic rings. The zero-order valence-corrected chi connectivity index (χ0v) is 12.7. The zero-order chi connectivity index (χ0) is 14.3. The number of rotatable bonds is 7. The number of hydrogen-bond donors (Lipinski definition) is 1. The third-order valence-electron chi connectivity index (χ3n) is 2.46. The molecule has 1 unspecified atom stereocenters. The summed E-state index contributed by atoms with van der Waals surface area (Å²) in [6, 6.07) is 5.84. The van der Waals surface area contributed by atoms with Crippen molar-refractivity contribution in [3.05, 3.63) is 23.9 Å². The molecule has 0 spiro atoms. The van der Waals surface area contributed by atoms with Crippen molar-refractivity contribution in [2.75, 3.05) is 13.2 Å². The molecule has 1 rings (SSSR count). The summed E-state index contributed by atoms with van der Waals surface area (Å²) < 4.78 is 11.0. The van der Waals surface area contributed by atoms with E-state index < -0.39 is 0 Å². The molecule has 0 saturated carbocycles. The van der Waals surface area contributed by atoms with E-state index in [1.165, 1.54) is 0 Å². The standard InChI is InChI=1S/C15H26N2O2/c1-6-18-11-12(2)19-14-9-7-8-13(17-14)10-16-15(3,4)5/h7-9,12,16H,6,10-11H2,1-5H3. The molecule has 0 aliphatic carbocycles. The lowest BCUT2D eigenvalue weighted by Gasteiger charge is -2.20. The fraction of sp³-hybridized carbons (Fsp3) is 0.667. The van der Waals surface area contributed by atoms with E-state index in [1.54, 1.807) is 0 Å². The van der Waals surface area contributed by atoms with Gasteiger partial charge in [-0.05, 0) is 40.7 Å². The van der Waals surface area contributed by atoms with Gasteiger partial charge in [0, 0.05) is 24.8 Å². The van der Waals surface area contributed by atoms with Gasteiger partial charge in [-0.1, -0.05) is 6.07 Å². The first-order valence-electron chi connectivity index (χ1n) is 6.86. The SMILES string of the molecule is CCOCC(C)Oc1cccc(CNC(C)(C)C)n1. The average molecular weight is 266 g/mol. The second-order valence-electron chi connectivity index (χ2n) is 5.66. The highest BCUT2D eigenvalue weighted by Crippen LogP contribution is 2.11. The fourth-order valence-corrected chi connectivity index (χ4v) is 1.50. The van der Waals surface area contributed by atoms with Gasteiger partial charge in [-0.15, -0.1) is 0 Å². The molecule has 4 nitrogen and oxygen atoms in total. The zero-order valence-electron chi connectivity index (χ0n) is 12.7. The van der Waals surface area contributed by atoms with Gasteiger partial charge >= 0.3 is 0 Å². The Hall–Kier alpha value is -1.13. The molecule has 0 radical (unpaired) electrons. The molecule has 1 atom stereocenters. The second-order valence-corrected chi connectivity index (χ2v) is 5.66. The molecule has 0 fully saturated rings. The Morgan fingerprint density at radius 3 is 2.68 bits per heavy atom. The van der Waals surface area contributed by atoms with Gasteiger partial charge in [0.25, 0.3) is 0 Å². The molecule has 0 amide bonds. The van der Waals surface area contributed by atoms with Crippen molar-refractivity contribution >= 4 is 0 Å². The fourth-order valence-electron chi connectivity index (χ4n) is 1.50. The molecule has 19 heavy (non-hydrogen) atoms. The van der Waals surface area contributed by atoms with Gasteiger partial charge in [-0.2, -0.15) is 0 Å². The predicted octanol–water partition coefficient (Wildman–Crippen LogP) is 2.77. The second kappa shape index (κ2) is 7.46. The molecule has 1 heterocycles. The van der Waals surface area contributed by atoms with Gasteiger partial charge in [0.05, 0.1) is 12.3 Å². The highest BCUT2D eigenvalue weighted by atomic mass is 16.5. The van der Waals surface area contributed by atoms with Crippen molar-refractivity contribution < 1.29 is 9.47 Å². The van der Waals surface area contributed by atoms with E-state index in [0.29, 0.717) is 19.1 Å². The van der Waals surface area contributed by atoms with Crippen LogP contribution in [0.2, 0.25) is 0 Å². The summed E-state index contributed by atoms with van der Waals surface area (Å²) in [7, 11) is 0. The highest BCUT2D eigenvalue weighted by molar-refractivity contribution is 5.16. The van der Waals surface area contributed by atoms with Crippen LogP contribution < -0.4 is 10.1 Å². The van der Waals surface area contributed by atoms with Crippen LogP contribution in [0.3, 0.4) is 0 Å². The van der Waals surface area contributed by atoms with E-state index in [9.17, 15) is 0 Å². The Kier molecular flexibility index (Phi) is 6.25. The molecular formula is C15H26N2O2. The average Bonchev–Trinajstić information content (AvgIpc) is 2.33. The molecule has 0 aliphatic heterocycles. The van der Waals surface area contributed by atoms with E-state index >= 15 is 0 Å².